The van der Waals surface area contributed by atoms with Crippen molar-refractivity contribution in [1.29, 1.82) is 0 Å². The zero-order chi connectivity index (χ0) is 7.21. The van der Waals surface area contributed by atoms with Crippen molar-refractivity contribution in [3.8, 4) is 0 Å². The molecule has 0 aliphatic rings. The molecule has 5 nitrogen and oxygen atoms in total. The molecule has 0 unspecified atom stereocenters. The van der Waals surface area contributed by atoms with E-state index >= 15 is 0 Å². The van der Waals surface area contributed by atoms with Crippen molar-refractivity contribution in [3.63, 3.8) is 0 Å². The Hall–Kier alpha value is 1.16. The summed E-state index contributed by atoms with van der Waals surface area (Å²) in [6, 6.07) is 0. The van der Waals surface area contributed by atoms with Gasteiger partial charge in [-0.1, -0.05) is 0 Å². The molecule has 8 heavy (non-hydrogen) atoms. The molecule has 0 aliphatic carbocycles. The Morgan fingerprint density at radius 2 is 1.50 bits per heavy atom. The van der Waals surface area contributed by atoms with Crippen LogP contribution in [0.2, 0.25) is 0 Å². The number of rotatable bonds is 1. The molecule has 2 N–H and O–H groups in total. The average molecular weight is 244 g/mol. The average Bonchev–Trinajstić information content (AvgIpc) is 1.71. The van der Waals surface area contributed by atoms with Gasteiger partial charge in [-0.15, -0.1) is 0 Å². The summed E-state index contributed by atoms with van der Waals surface area (Å²) >= 11 is 0.296. The van der Waals surface area contributed by atoms with E-state index in [2.05, 4.69) is 3.35 Å². The molecule has 0 spiro atoms. The topological polar surface area (TPSA) is 83.8 Å². The maximum atomic E-state index is 9.50. The van der Waals surface area contributed by atoms with E-state index in [1.54, 1.807) is 0 Å². The summed E-state index contributed by atoms with van der Waals surface area (Å²) in [7, 11) is -4.09. The zero-order valence-electron chi connectivity index (χ0n) is 3.98. The van der Waals surface area contributed by atoms with Crippen LogP contribution in [0.15, 0.2) is 0 Å². The van der Waals surface area contributed by atoms with Crippen molar-refractivity contribution < 1.29 is 58.2 Å². The number of hydrogen-bond acceptors (Lipinski definition) is 3. The van der Waals surface area contributed by atoms with Gasteiger partial charge in [0.2, 0.25) is 0 Å². The molecule has 0 fully saturated rings. The molecule has 0 amide bonds. The first-order valence-electron chi connectivity index (χ1n) is 1.34. The van der Waals surface area contributed by atoms with Crippen LogP contribution in [0.25, 0.3) is 0 Å². The summed E-state index contributed by atoms with van der Waals surface area (Å²) in [5.41, 5.74) is 0. The molecular formula is H2O5PZn2. The first-order valence-corrected chi connectivity index (χ1v) is 5.30. The van der Waals surface area contributed by atoms with E-state index in [4.69, 9.17) is 13.4 Å². The summed E-state index contributed by atoms with van der Waals surface area (Å²) in [6.45, 7) is 0. The molecule has 8 heteroatoms. The van der Waals surface area contributed by atoms with Crippen molar-refractivity contribution >= 4 is 7.82 Å². The SMILES string of the molecule is O=P(O)(O)[O][Zn].[O]=[Zn]. The van der Waals surface area contributed by atoms with Gasteiger partial charge in [0.15, 0.2) is 0 Å². The Labute approximate surface area is 66.1 Å². The fourth-order valence-electron chi connectivity index (χ4n) is 0. The third-order valence-corrected chi connectivity index (χ3v) is 2.62. The molecule has 0 aliphatic heterocycles. The van der Waals surface area contributed by atoms with Gasteiger partial charge in [-0.05, 0) is 0 Å². The summed E-state index contributed by atoms with van der Waals surface area (Å²) in [4.78, 5) is 15.5. The summed E-state index contributed by atoms with van der Waals surface area (Å²) < 4.78 is 21.6. The minimum absolute atomic E-state index is 0.125. The van der Waals surface area contributed by atoms with Gasteiger partial charge in [-0.25, -0.2) is 0 Å². The predicted octanol–water partition coefficient (Wildman–Crippen LogP) is -0.564. The van der Waals surface area contributed by atoms with Crippen molar-refractivity contribution in [2.24, 2.45) is 0 Å². The Balaban J connectivity index is 0. The monoisotopic (exact) mass is 241 g/mol. The molecule has 0 saturated carbocycles. The third kappa shape index (κ3) is 15.7. The van der Waals surface area contributed by atoms with Crippen LogP contribution in [0.4, 0.5) is 0 Å². The van der Waals surface area contributed by atoms with Gasteiger partial charge in [0.25, 0.3) is 0 Å². The quantitative estimate of drug-likeness (QED) is 0.476. The summed E-state index contributed by atoms with van der Waals surface area (Å²) in [6.07, 6.45) is 0. The summed E-state index contributed by atoms with van der Waals surface area (Å²) in [5.74, 6) is 0. The van der Waals surface area contributed by atoms with E-state index in [1.165, 1.54) is 0 Å². The van der Waals surface area contributed by atoms with Crippen molar-refractivity contribution in [2.45, 2.75) is 0 Å². The Kier molecular flexibility index (Phi) is 9.34. The molecule has 0 aromatic rings. The standard InChI is InChI=1S/H3O4P.O.2Zn/c1-5(2,3)4;;;/h(H3,1,2,3,4);;;/q;;;+1/p-1. The number of phosphoric acid groups is 1. The van der Waals surface area contributed by atoms with E-state index in [9.17, 15) is 4.57 Å². The first-order chi connectivity index (χ1) is 3.56. The van der Waals surface area contributed by atoms with Crippen LogP contribution in [-0.2, 0) is 48.4 Å². The van der Waals surface area contributed by atoms with Crippen LogP contribution in [0.3, 0.4) is 0 Å². The van der Waals surface area contributed by atoms with E-state index in [0.29, 0.717) is 0 Å². The van der Waals surface area contributed by atoms with Gasteiger partial charge in [0.1, 0.15) is 0 Å². The molecule has 0 aromatic carbocycles. The molecule has 0 atom stereocenters. The van der Waals surface area contributed by atoms with Crippen LogP contribution >= 0.6 is 7.82 Å². The Morgan fingerprint density at radius 1 is 1.38 bits per heavy atom. The Bertz CT molecular complexity index is 84.4. The maximum absolute atomic E-state index is 9.50. The molecule has 0 rings (SSSR count). The molecule has 0 aromatic heterocycles. The van der Waals surface area contributed by atoms with E-state index in [1.807, 2.05) is 0 Å². The molecule has 0 bridgehead atoms. The third-order valence-electron chi connectivity index (χ3n) is 0.168. The second-order valence-electron chi connectivity index (χ2n) is 0.620. The van der Waals surface area contributed by atoms with Crippen LogP contribution < -0.4 is 0 Å². The zero-order valence-corrected chi connectivity index (χ0v) is 10.8. The minimum atomic E-state index is -4.09. The van der Waals surface area contributed by atoms with Crippen molar-refractivity contribution in [2.75, 3.05) is 0 Å². The van der Waals surface area contributed by atoms with Gasteiger partial charge in [-0.3, -0.25) is 0 Å². The first kappa shape index (κ1) is 11.9. The molecule has 0 heterocycles. The van der Waals surface area contributed by atoms with Gasteiger partial charge in [-0.2, -0.15) is 0 Å². The van der Waals surface area contributed by atoms with Gasteiger partial charge < -0.3 is 0 Å². The Morgan fingerprint density at radius 3 is 1.50 bits per heavy atom. The second-order valence-corrected chi connectivity index (χ2v) is 3.48. The van der Waals surface area contributed by atoms with Crippen molar-refractivity contribution in [3.05, 3.63) is 0 Å². The van der Waals surface area contributed by atoms with Crippen LogP contribution in [-0.4, -0.2) is 9.79 Å². The molecule has 0 radical (unpaired) electrons. The van der Waals surface area contributed by atoms with Gasteiger partial charge in [0, 0.05) is 0 Å². The fraction of sp³-hybridized carbons (Fsp3) is 0. The second kappa shape index (κ2) is 6.28. The van der Waals surface area contributed by atoms with Crippen LogP contribution in [0.5, 0.6) is 0 Å². The van der Waals surface area contributed by atoms with Crippen LogP contribution in [0, 0.1) is 0 Å². The summed E-state index contributed by atoms with van der Waals surface area (Å²) in [5, 5.41) is 0. The molecule has 0 saturated heterocycles. The fourth-order valence-corrected chi connectivity index (χ4v) is 0. The molecule has 41 valence electrons. The van der Waals surface area contributed by atoms with Gasteiger partial charge in [0.05, 0.1) is 0 Å². The van der Waals surface area contributed by atoms with E-state index in [0.717, 1.165) is 0 Å². The van der Waals surface area contributed by atoms with E-state index in [-0.39, 0.29) is 36.9 Å². The predicted molar refractivity (Wildman–Crippen MR) is 13.8 cm³/mol. The van der Waals surface area contributed by atoms with Gasteiger partial charge >= 0.3 is 66.0 Å². The normalized spacial score (nSPS) is 9.75. The molecular weight excluding hydrogens is 242 g/mol. The van der Waals surface area contributed by atoms with Crippen LogP contribution in [0.1, 0.15) is 0 Å². The van der Waals surface area contributed by atoms with Crippen molar-refractivity contribution in [1.82, 2.24) is 0 Å². The van der Waals surface area contributed by atoms with E-state index < -0.39 is 7.82 Å². The number of hydrogen-bond donors (Lipinski definition) is 2.